The minimum atomic E-state index is -1.09. The number of nitrogens with zero attached hydrogens (tertiary/aromatic N) is 6. The molecular formula is C47H49Br2N7O10. The molecule has 0 saturated heterocycles. The summed E-state index contributed by atoms with van der Waals surface area (Å²) in [6.45, 7) is 5.08. The molecular weight excluding hydrogens is 982 g/mol. The van der Waals surface area contributed by atoms with Gasteiger partial charge in [-0.3, -0.25) is 9.59 Å². The van der Waals surface area contributed by atoms with Crippen molar-refractivity contribution in [3.8, 4) is 34.6 Å². The Hall–Kier alpha value is -6.12. The molecule has 0 aliphatic carbocycles. The number of nitrogens with one attached hydrogen (secondary N) is 1. The van der Waals surface area contributed by atoms with Crippen molar-refractivity contribution in [2.24, 2.45) is 0 Å². The summed E-state index contributed by atoms with van der Waals surface area (Å²) >= 11 is 7.22. The molecule has 0 unspecified atom stereocenters. The molecule has 0 bridgehead atoms. The highest BCUT2D eigenvalue weighted by Crippen LogP contribution is 2.35. The molecule has 0 saturated carbocycles. The summed E-state index contributed by atoms with van der Waals surface area (Å²) in [4.78, 5) is 47.7. The Morgan fingerprint density at radius 2 is 1.08 bits per heavy atom. The lowest BCUT2D eigenvalue weighted by Gasteiger charge is -2.18. The fourth-order valence-corrected chi connectivity index (χ4v) is 7.85. The van der Waals surface area contributed by atoms with E-state index in [0.29, 0.717) is 51.4 Å². The van der Waals surface area contributed by atoms with Crippen molar-refractivity contribution >= 4 is 43.8 Å². The van der Waals surface area contributed by atoms with Gasteiger partial charge in [0.25, 0.3) is 0 Å². The van der Waals surface area contributed by atoms with Gasteiger partial charge in [-0.1, -0.05) is 36.4 Å². The third-order valence-corrected chi connectivity index (χ3v) is 11.5. The molecule has 0 aliphatic heterocycles. The van der Waals surface area contributed by atoms with Crippen LogP contribution in [0.1, 0.15) is 70.2 Å². The number of carboxylic acid groups (broad SMARTS) is 2. The molecule has 346 valence electrons. The Balaban J connectivity index is 1.16. The lowest BCUT2D eigenvalue weighted by Crippen LogP contribution is -2.28. The molecule has 5 N–H and O–H groups in total. The van der Waals surface area contributed by atoms with Gasteiger partial charge in [0.05, 0.1) is 34.0 Å². The van der Waals surface area contributed by atoms with Crippen LogP contribution in [0.2, 0.25) is 0 Å². The maximum absolute atomic E-state index is 11.0. The van der Waals surface area contributed by atoms with Crippen molar-refractivity contribution in [2.45, 2.75) is 91.1 Å². The van der Waals surface area contributed by atoms with Crippen LogP contribution in [0, 0.1) is 13.8 Å². The summed E-state index contributed by atoms with van der Waals surface area (Å²) in [5.74, 6) is -0.890. The van der Waals surface area contributed by atoms with Crippen molar-refractivity contribution in [3.05, 3.63) is 139 Å². The first-order valence-electron chi connectivity index (χ1n) is 20.9. The van der Waals surface area contributed by atoms with E-state index in [4.69, 9.17) is 39.1 Å². The van der Waals surface area contributed by atoms with E-state index in [0.717, 1.165) is 50.1 Å². The molecule has 66 heavy (non-hydrogen) atoms. The van der Waals surface area contributed by atoms with Crippen LogP contribution in [-0.2, 0) is 49.0 Å². The highest BCUT2D eigenvalue weighted by atomic mass is 79.9. The molecule has 6 aromatic rings. The molecule has 6 rings (SSSR count). The van der Waals surface area contributed by atoms with Crippen LogP contribution < -0.4 is 24.3 Å². The maximum atomic E-state index is 11.0. The number of benzene rings is 2. The number of hydrogen-bond donors (Lipinski definition) is 5. The minimum Gasteiger partial charge on any atom is -0.481 e. The molecule has 0 aliphatic rings. The second-order valence-corrected chi connectivity index (χ2v) is 17.0. The van der Waals surface area contributed by atoms with Gasteiger partial charge in [0.15, 0.2) is 0 Å². The van der Waals surface area contributed by atoms with Gasteiger partial charge < -0.3 is 44.7 Å². The third-order valence-electron chi connectivity index (χ3n) is 10.4. The largest absolute Gasteiger partial charge is 0.481 e. The highest BCUT2D eigenvalue weighted by Gasteiger charge is 2.19. The Kier molecular flexibility index (Phi) is 18.2. The molecule has 2 aromatic carbocycles. The number of carbonyl (C=O) groups is 2. The van der Waals surface area contributed by atoms with E-state index in [2.05, 4.69) is 69.2 Å². The quantitative estimate of drug-likeness (QED) is 0.0379. The number of aliphatic hydroxyl groups is 2. The van der Waals surface area contributed by atoms with Crippen molar-refractivity contribution in [1.29, 1.82) is 0 Å². The lowest BCUT2D eigenvalue weighted by atomic mass is 9.92. The van der Waals surface area contributed by atoms with Crippen molar-refractivity contribution in [1.82, 2.24) is 35.2 Å². The number of aromatic nitrogens is 6. The van der Waals surface area contributed by atoms with Crippen LogP contribution in [0.3, 0.4) is 0 Å². The van der Waals surface area contributed by atoms with Crippen LogP contribution in [0.25, 0.3) is 11.1 Å². The van der Waals surface area contributed by atoms with Gasteiger partial charge in [-0.15, -0.1) is 0 Å². The van der Waals surface area contributed by atoms with Crippen LogP contribution in [0.4, 0.5) is 0 Å². The van der Waals surface area contributed by atoms with Gasteiger partial charge in [-0.2, -0.15) is 9.97 Å². The van der Waals surface area contributed by atoms with E-state index in [1.165, 1.54) is 12.7 Å². The van der Waals surface area contributed by atoms with Gasteiger partial charge in [0.1, 0.15) is 39.1 Å². The number of pyridine rings is 2. The first kappa shape index (κ1) is 49.3. The monoisotopic (exact) mass is 1030 g/mol. The molecule has 4 aromatic heterocycles. The van der Waals surface area contributed by atoms with Gasteiger partial charge in [-0.05, 0) is 110 Å². The smallest absolute Gasteiger partial charge is 0.306 e. The summed E-state index contributed by atoms with van der Waals surface area (Å²) < 4.78 is 26.1. The number of hydrogen-bond acceptors (Lipinski definition) is 15. The SMILES string of the molecule is Cc1c(COc2nc(OCc3cncnc3)c(CCC[C@@H](O)CC(=O)O)cc2Br)cccc1-c1cccc(COc2nc(OCc3cncnc3)c(CNC[C@@H](O)CC(=O)O)cc2Br)c1C. The number of halogens is 2. The number of carboxylic acids is 2. The third kappa shape index (κ3) is 14.4. The van der Waals surface area contributed by atoms with Gasteiger partial charge in [0.2, 0.25) is 23.5 Å². The minimum absolute atomic E-state index is 0.0546. The zero-order valence-electron chi connectivity index (χ0n) is 36.2. The molecule has 17 nitrogen and oxygen atoms in total. The first-order chi connectivity index (χ1) is 31.8. The number of rotatable bonds is 25. The van der Waals surface area contributed by atoms with Crippen LogP contribution in [0.15, 0.2) is 94.9 Å². The Bertz CT molecular complexity index is 2400. The predicted molar refractivity (Wildman–Crippen MR) is 248 cm³/mol. The topological polar surface area (TPSA) is 241 Å². The average molecular weight is 1030 g/mol. The summed E-state index contributed by atoms with van der Waals surface area (Å²) in [5.41, 5.74) is 8.83. The standard InChI is InChI=1S/C47H49Br2N7O10/c1-28-33(24-65-46-40(48)12-32(6-3-9-36(57)14-42(59)60)44(55-46)63-22-30-16-51-26-52-17-30)7-4-10-38(28)39-11-5-8-34(29(39)2)25-66-47-41(49)13-35(20-50-21-37(58)15-43(61)62)45(56-47)64-23-31-18-53-27-54-19-31/h4-5,7-8,10-13,16-19,26-27,36-37,50,57-58H,3,6,9,14-15,20-25H2,1-2H3,(H,59,60)(H,61,62)/t36-,37+/m1/s1. The van der Waals surface area contributed by atoms with E-state index < -0.39 is 24.1 Å². The first-order valence-corrected chi connectivity index (χ1v) is 22.5. The maximum Gasteiger partial charge on any atom is 0.306 e. The molecule has 0 spiro atoms. The zero-order chi connectivity index (χ0) is 47.0. The lowest BCUT2D eigenvalue weighted by molar-refractivity contribution is -0.140. The summed E-state index contributed by atoms with van der Waals surface area (Å²) in [5, 5.41) is 41.3. The Morgan fingerprint density at radius 1 is 0.621 bits per heavy atom. The van der Waals surface area contributed by atoms with Gasteiger partial charge in [0, 0.05) is 60.1 Å². The van der Waals surface area contributed by atoms with Crippen LogP contribution in [-0.4, -0.2) is 81.0 Å². The van der Waals surface area contributed by atoms with E-state index in [1.54, 1.807) is 24.8 Å². The highest BCUT2D eigenvalue weighted by molar-refractivity contribution is 9.10. The summed E-state index contributed by atoms with van der Waals surface area (Å²) in [7, 11) is 0. The molecule has 0 amide bonds. The number of ether oxygens (including phenoxy) is 4. The van der Waals surface area contributed by atoms with Crippen molar-refractivity contribution < 1.29 is 49.0 Å². The van der Waals surface area contributed by atoms with E-state index >= 15 is 0 Å². The summed E-state index contributed by atoms with van der Waals surface area (Å²) in [6.07, 6.45) is 8.03. The number of aliphatic carboxylic acids is 2. The number of aryl methyl sites for hydroxylation is 1. The molecule has 19 heteroatoms. The average Bonchev–Trinajstić information content (AvgIpc) is 3.28. The van der Waals surface area contributed by atoms with E-state index in [9.17, 15) is 19.8 Å². The van der Waals surface area contributed by atoms with E-state index in [1.807, 2.05) is 50.2 Å². The van der Waals surface area contributed by atoms with Crippen LogP contribution in [0.5, 0.6) is 23.5 Å². The molecule has 0 radical (unpaired) electrons. The Labute approximate surface area is 397 Å². The molecule has 0 fully saturated rings. The van der Waals surface area contributed by atoms with Crippen molar-refractivity contribution in [2.75, 3.05) is 6.54 Å². The predicted octanol–water partition coefficient (Wildman–Crippen LogP) is 7.26. The fourth-order valence-electron chi connectivity index (χ4n) is 6.89. The zero-order valence-corrected chi connectivity index (χ0v) is 39.4. The normalized spacial score (nSPS) is 12.0. The van der Waals surface area contributed by atoms with Crippen LogP contribution >= 0.6 is 31.9 Å². The molecule has 4 heterocycles. The van der Waals surface area contributed by atoms with Gasteiger partial charge in [-0.25, -0.2) is 19.9 Å². The Morgan fingerprint density at radius 3 is 1.58 bits per heavy atom. The second kappa shape index (κ2) is 24.4. The molecule has 2 atom stereocenters. The van der Waals surface area contributed by atoms with Gasteiger partial charge >= 0.3 is 11.9 Å². The van der Waals surface area contributed by atoms with E-state index in [-0.39, 0.29) is 58.2 Å². The number of aliphatic hydroxyl groups excluding tert-OH is 2. The fraction of sp³-hybridized carbons (Fsp3) is 0.319. The summed E-state index contributed by atoms with van der Waals surface area (Å²) in [6, 6.07) is 15.8. The second-order valence-electron chi connectivity index (χ2n) is 15.3. The van der Waals surface area contributed by atoms with Crippen molar-refractivity contribution in [3.63, 3.8) is 0 Å².